The second-order valence-corrected chi connectivity index (χ2v) is 14.1. The summed E-state index contributed by atoms with van der Waals surface area (Å²) in [5.74, 6) is -1.32. The molecule has 2 amide bonds. The van der Waals surface area contributed by atoms with Gasteiger partial charge in [-0.2, -0.15) is 0 Å². The molecule has 0 saturated carbocycles. The molecular formula is C27H46N2O5S. The summed E-state index contributed by atoms with van der Waals surface area (Å²) in [6.07, 6.45) is 4.92. The summed E-state index contributed by atoms with van der Waals surface area (Å²) in [5, 5.41) is 12.4. The standard InChI is InChI=1S/C27H46N2O5S/c1-8-34-24(33)19-18-15-17(2)27(35-18)20(19)23(32)29(13-11-9-10-12-14-30)21(27)22(31)28-26(6,7)16-25(3,4)5/h17-21,30H,8-16H2,1-7H3,(H,28,31)/t17?,18-,19+,20-,21?,27?/m0/s1. The molecule has 0 aromatic rings. The van der Waals surface area contributed by atoms with E-state index in [-0.39, 0.29) is 47.6 Å². The summed E-state index contributed by atoms with van der Waals surface area (Å²) in [5.41, 5.74) is -0.386. The Morgan fingerprint density at radius 1 is 1.17 bits per heavy atom. The maximum atomic E-state index is 14.0. The number of ether oxygens (including phenoxy) is 1. The van der Waals surface area contributed by atoms with Crippen LogP contribution >= 0.6 is 11.8 Å². The van der Waals surface area contributed by atoms with Gasteiger partial charge in [-0.3, -0.25) is 14.4 Å². The van der Waals surface area contributed by atoms with Gasteiger partial charge in [0.25, 0.3) is 0 Å². The number of likely N-dealkylation sites (tertiary alicyclic amines) is 1. The van der Waals surface area contributed by atoms with E-state index in [0.717, 1.165) is 38.5 Å². The normalized spacial score (nSPS) is 32.2. The highest BCUT2D eigenvalue weighted by molar-refractivity contribution is 8.02. The average molecular weight is 511 g/mol. The number of esters is 1. The molecule has 8 heteroatoms. The van der Waals surface area contributed by atoms with Crippen molar-refractivity contribution in [2.75, 3.05) is 19.8 Å². The van der Waals surface area contributed by atoms with Crippen LogP contribution in [0.2, 0.25) is 0 Å². The molecule has 3 aliphatic heterocycles. The third kappa shape index (κ3) is 5.53. The smallest absolute Gasteiger partial charge is 0.310 e. The van der Waals surface area contributed by atoms with Gasteiger partial charge in [-0.1, -0.05) is 40.5 Å². The van der Waals surface area contributed by atoms with E-state index in [1.54, 1.807) is 23.6 Å². The molecule has 3 rings (SSSR count). The van der Waals surface area contributed by atoms with E-state index in [4.69, 9.17) is 9.84 Å². The lowest BCUT2D eigenvalue weighted by atomic mass is 9.66. The van der Waals surface area contributed by atoms with Crippen LogP contribution in [0.5, 0.6) is 0 Å². The molecule has 2 N–H and O–H groups in total. The predicted molar refractivity (Wildman–Crippen MR) is 139 cm³/mol. The van der Waals surface area contributed by atoms with Crippen molar-refractivity contribution < 1.29 is 24.2 Å². The lowest BCUT2D eigenvalue weighted by molar-refractivity contribution is -0.154. The van der Waals surface area contributed by atoms with E-state index >= 15 is 0 Å². The number of carbonyl (C=O) groups excluding carboxylic acids is 3. The maximum Gasteiger partial charge on any atom is 0.310 e. The number of hydrogen-bond donors (Lipinski definition) is 2. The first kappa shape index (κ1) is 28.3. The minimum atomic E-state index is -0.605. The molecule has 3 saturated heterocycles. The number of aliphatic hydroxyl groups is 1. The number of aliphatic hydroxyl groups excluding tert-OH is 1. The minimum absolute atomic E-state index is 0.0163. The highest BCUT2D eigenvalue weighted by Gasteiger charge is 2.76. The first-order valence-corrected chi connectivity index (χ1v) is 14.2. The third-order valence-corrected chi connectivity index (χ3v) is 9.87. The van der Waals surface area contributed by atoms with Crippen molar-refractivity contribution in [3.05, 3.63) is 0 Å². The maximum absolute atomic E-state index is 14.0. The van der Waals surface area contributed by atoms with Crippen molar-refractivity contribution in [2.24, 2.45) is 23.2 Å². The molecule has 3 unspecified atom stereocenters. The van der Waals surface area contributed by atoms with Gasteiger partial charge in [0.1, 0.15) is 6.04 Å². The Morgan fingerprint density at radius 2 is 1.83 bits per heavy atom. The fourth-order valence-electron chi connectivity index (χ4n) is 7.09. The molecule has 3 heterocycles. The summed E-state index contributed by atoms with van der Waals surface area (Å²) in [6, 6.07) is -0.596. The molecule has 0 aliphatic carbocycles. The van der Waals surface area contributed by atoms with Crippen molar-refractivity contribution in [3.63, 3.8) is 0 Å². The van der Waals surface area contributed by atoms with E-state index in [9.17, 15) is 14.4 Å². The van der Waals surface area contributed by atoms with Gasteiger partial charge < -0.3 is 20.1 Å². The molecule has 3 fully saturated rings. The summed E-state index contributed by atoms with van der Waals surface area (Å²) in [4.78, 5) is 42.8. The number of unbranched alkanes of at least 4 members (excludes halogenated alkanes) is 3. The fourth-order valence-corrected chi connectivity index (χ4v) is 9.50. The molecule has 2 bridgehead atoms. The van der Waals surface area contributed by atoms with Crippen LogP contribution in [0.1, 0.15) is 87.0 Å². The summed E-state index contributed by atoms with van der Waals surface area (Å²) in [6.45, 7) is 15.5. The minimum Gasteiger partial charge on any atom is -0.466 e. The monoisotopic (exact) mass is 510 g/mol. The zero-order chi connectivity index (χ0) is 26.2. The number of rotatable bonds is 11. The van der Waals surface area contributed by atoms with Crippen LogP contribution in [-0.2, 0) is 19.1 Å². The second-order valence-electron chi connectivity index (χ2n) is 12.6. The number of hydrogen-bond acceptors (Lipinski definition) is 6. The Hall–Kier alpha value is -1.28. The number of nitrogens with one attached hydrogen (secondary N) is 1. The van der Waals surface area contributed by atoms with Gasteiger partial charge in [-0.25, -0.2) is 0 Å². The number of thioether (sulfide) groups is 1. The van der Waals surface area contributed by atoms with Crippen LogP contribution < -0.4 is 5.32 Å². The van der Waals surface area contributed by atoms with E-state index < -0.39 is 28.2 Å². The molecule has 200 valence electrons. The van der Waals surface area contributed by atoms with E-state index in [1.807, 2.05) is 13.8 Å². The lowest BCUT2D eigenvalue weighted by Crippen LogP contribution is -2.60. The van der Waals surface area contributed by atoms with Gasteiger partial charge in [0.15, 0.2) is 0 Å². The van der Waals surface area contributed by atoms with Crippen LogP contribution in [-0.4, -0.2) is 69.1 Å². The zero-order valence-corrected chi connectivity index (χ0v) is 23.5. The van der Waals surface area contributed by atoms with Crippen molar-refractivity contribution in [1.29, 1.82) is 0 Å². The Labute approximate surface area is 215 Å². The highest BCUT2D eigenvalue weighted by atomic mass is 32.2. The van der Waals surface area contributed by atoms with Gasteiger partial charge in [0.05, 0.1) is 23.2 Å². The average Bonchev–Trinajstić information content (AvgIpc) is 3.29. The van der Waals surface area contributed by atoms with Gasteiger partial charge in [-0.15, -0.1) is 11.8 Å². The number of nitrogens with zero attached hydrogens (tertiary/aromatic N) is 1. The summed E-state index contributed by atoms with van der Waals surface area (Å²) >= 11 is 1.69. The van der Waals surface area contributed by atoms with Gasteiger partial charge in [-0.05, 0) is 57.8 Å². The quantitative estimate of drug-likeness (QED) is 0.325. The van der Waals surface area contributed by atoms with Crippen LogP contribution in [0, 0.1) is 23.2 Å². The number of carbonyl (C=O) groups is 3. The Morgan fingerprint density at radius 3 is 2.43 bits per heavy atom. The number of amides is 2. The molecule has 0 aromatic carbocycles. The van der Waals surface area contributed by atoms with Crippen LogP contribution in [0.15, 0.2) is 0 Å². The molecule has 3 aliphatic rings. The van der Waals surface area contributed by atoms with E-state index in [1.165, 1.54) is 0 Å². The summed E-state index contributed by atoms with van der Waals surface area (Å²) in [7, 11) is 0. The Kier molecular flexibility index (Phi) is 8.57. The molecule has 7 nitrogen and oxygen atoms in total. The van der Waals surface area contributed by atoms with Crippen molar-refractivity contribution in [1.82, 2.24) is 10.2 Å². The Bertz CT molecular complexity index is 810. The number of fused-ring (bicyclic) bond motifs is 1. The molecule has 35 heavy (non-hydrogen) atoms. The predicted octanol–water partition coefficient (Wildman–Crippen LogP) is 3.77. The molecule has 0 radical (unpaired) electrons. The van der Waals surface area contributed by atoms with Crippen molar-refractivity contribution in [3.8, 4) is 0 Å². The molecule has 6 atom stereocenters. The second kappa shape index (κ2) is 10.6. The van der Waals surface area contributed by atoms with Crippen molar-refractivity contribution in [2.45, 2.75) is 109 Å². The Balaban J connectivity index is 1.93. The third-order valence-electron chi connectivity index (χ3n) is 7.79. The van der Waals surface area contributed by atoms with Crippen LogP contribution in [0.3, 0.4) is 0 Å². The van der Waals surface area contributed by atoms with Gasteiger partial charge in [0.2, 0.25) is 11.8 Å². The van der Waals surface area contributed by atoms with Crippen LogP contribution in [0.25, 0.3) is 0 Å². The molecule has 0 aromatic heterocycles. The topological polar surface area (TPSA) is 95.9 Å². The highest BCUT2D eigenvalue weighted by Crippen LogP contribution is 2.68. The fraction of sp³-hybridized carbons (Fsp3) is 0.889. The van der Waals surface area contributed by atoms with Gasteiger partial charge >= 0.3 is 5.97 Å². The first-order valence-electron chi connectivity index (χ1n) is 13.4. The van der Waals surface area contributed by atoms with Crippen LogP contribution in [0.4, 0.5) is 0 Å². The van der Waals surface area contributed by atoms with E-state index in [0.29, 0.717) is 6.54 Å². The van der Waals surface area contributed by atoms with E-state index in [2.05, 4.69) is 33.0 Å². The van der Waals surface area contributed by atoms with Gasteiger partial charge in [0, 0.05) is 23.9 Å². The molecule has 1 spiro atoms. The summed E-state index contributed by atoms with van der Waals surface area (Å²) < 4.78 is 4.81. The van der Waals surface area contributed by atoms with Crippen molar-refractivity contribution >= 4 is 29.5 Å². The lowest BCUT2D eigenvalue weighted by Gasteiger charge is -2.41. The zero-order valence-electron chi connectivity index (χ0n) is 22.7. The largest absolute Gasteiger partial charge is 0.466 e. The first-order chi connectivity index (χ1) is 16.3. The SMILES string of the molecule is CCOC(=O)[C@@H]1[C@@H]2CC(C)C3(S2)C(C(=O)NC(C)(C)CC(C)(C)C)N(CCCCCCO)C(=O)[C@H]13. The molecular weight excluding hydrogens is 464 g/mol.